The molecule has 16 heavy (non-hydrogen) atoms. The van der Waals surface area contributed by atoms with Gasteiger partial charge in [0.25, 0.3) is 5.56 Å². The van der Waals surface area contributed by atoms with Crippen LogP contribution in [0.4, 0.5) is 0 Å². The van der Waals surface area contributed by atoms with E-state index in [1.54, 1.807) is 6.20 Å². The lowest BCUT2D eigenvalue weighted by molar-refractivity contribution is 0.340. The molecule has 0 unspecified atom stereocenters. The average Bonchev–Trinajstić information content (AvgIpc) is 2.17. The van der Waals surface area contributed by atoms with Gasteiger partial charge in [0.15, 0.2) is 0 Å². The van der Waals surface area contributed by atoms with Crippen molar-refractivity contribution in [3.63, 3.8) is 0 Å². The van der Waals surface area contributed by atoms with Gasteiger partial charge in [0, 0.05) is 5.39 Å². The van der Waals surface area contributed by atoms with Crippen LogP contribution in [0, 0.1) is 6.92 Å². The summed E-state index contributed by atoms with van der Waals surface area (Å²) in [6.45, 7) is 7.91. The summed E-state index contributed by atoms with van der Waals surface area (Å²) in [7, 11) is 0. The molecule has 0 bridgehead atoms. The van der Waals surface area contributed by atoms with E-state index in [9.17, 15) is 4.79 Å². The lowest BCUT2D eigenvalue weighted by Gasteiger charge is -2.20. The minimum absolute atomic E-state index is 0.0197. The van der Waals surface area contributed by atoms with Gasteiger partial charge in [-0.15, -0.1) is 0 Å². The van der Waals surface area contributed by atoms with Gasteiger partial charge >= 0.3 is 0 Å². The van der Waals surface area contributed by atoms with Crippen molar-refractivity contribution in [1.29, 1.82) is 0 Å². The lowest BCUT2D eigenvalue weighted by Crippen LogP contribution is -2.35. The molecule has 0 spiro atoms. The third-order valence-electron chi connectivity index (χ3n) is 2.58. The van der Waals surface area contributed by atoms with Gasteiger partial charge in [-0.2, -0.15) is 5.10 Å². The fourth-order valence-corrected chi connectivity index (χ4v) is 1.73. The van der Waals surface area contributed by atoms with Crippen LogP contribution in [0.3, 0.4) is 0 Å². The number of nitrogens with zero attached hydrogens (tertiary/aromatic N) is 2. The molecule has 0 aliphatic carbocycles. The first-order valence-electron chi connectivity index (χ1n) is 5.39. The van der Waals surface area contributed by atoms with Crippen LogP contribution in [-0.2, 0) is 5.54 Å². The third-order valence-corrected chi connectivity index (χ3v) is 2.58. The number of hydrogen-bond acceptors (Lipinski definition) is 2. The highest BCUT2D eigenvalue weighted by molar-refractivity contribution is 5.81. The molecule has 1 aromatic heterocycles. The van der Waals surface area contributed by atoms with E-state index in [2.05, 4.69) is 5.10 Å². The molecule has 84 valence electrons. The summed E-state index contributed by atoms with van der Waals surface area (Å²) in [5.41, 5.74) is 0.791. The Morgan fingerprint density at radius 3 is 2.56 bits per heavy atom. The van der Waals surface area contributed by atoms with Crippen molar-refractivity contribution in [3.8, 4) is 0 Å². The normalized spacial score (nSPS) is 12.0. The van der Waals surface area contributed by atoms with Crippen LogP contribution in [0.15, 0.2) is 29.2 Å². The van der Waals surface area contributed by atoms with Gasteiger partial charge in [-0.3, -0.25) is 4.79 Å². The molecule has 2 rings (SSSR count). The Hall–Kier alpha value is -1.64. The van der Waals surface area contributed by atoms with E-state index < -0.39 is 0 Å². The molecule has 3 nitrogen and oxygen atoms in total. The van der Waals surface area contributed by atoms with E-state index in [1.165, 1.54) is 4.68 Å². The van der Waals surface area contributed by atoms with Crippen molar-refractivity contribution in [3.05, 3.63) is 40.3 Å². The zero-order valence-electron chi connectivity index (χ0n) is 10.1. The summed E-state index contributed by atoms with van der Waals surface area (Å²) in [6, 6.07) is 5.85. The SMILES string of the molecule is Cc1ccc2cnn(C(C)(C)C)c(=O)c2c1. The average molecular weight is 216 g/mol. The van der Waals surface area contributed by atoms with Crippen molar-refractivity contribution in [2.24, 2.45) is 0 Å². The van der Waals surface area contributed by atoms with Gasteiger partial charge in [0.05, 0.1) is 17.1 Å². The minimum Gasteiger partial charge on any atom is -0.267 e. The molecule has 0 saturated heterocycles. The Morgan fingerprint density at radius 2 is 1.94 bits per heavy atom. The highest BCUT2D eigenvalue weighted by Gasteiger charge is 2.17. The van der Waals surface area contributed by atoms with Crippen LogP contribution in [0.5, 0.6) is 0 Å². The Balaban J connectivity index is 2.84. The van der Waals surface area contributed by atoms with Gasteiger partial charge in [-0.1, -0.05) is 17.7 Å². The van der Waals surface area contributed by atoms with Crippen molar-refractivity contribution in [1.82, 2.24) is 9.78 Å². The maximum atomic E-state index is 12.2. The van der Waals surface area contributed by atoms with E-state index in [4.69, 9.17) is 0 Å². The second kappa shape index (κ2) is 3.44. The zero-order chi connectivity index (χ0) is 11.9. The van der Waals surface area contributed by atoms with Gasteiger partial charge in [0.1, 0.15) is 0 Å². The number of aromatic nitrogens is 2. The molecular formula is C13H16N2O. The molecule has 1 aromatic carbocycles. The Labute approximate surface area is 94.7 Å². The van der Waals surface area contributed by atoms with Crippen LogP contribution in [-0.4, -0.2) is 9.78 Å². The smallest absolute Gasteiger partial charge is 0.267 e. The van der Waals surface area contributed by atoms with Crippen molar-refractivity contribution in [2.75, 3.05) is 0 Å². The summed E-state index contributed by atoms with van der Waals surface area (Å²) in [5.74, 6) is 0. The van der Waals surface area contributed by atoms with E-state index in [1.807, 2.05) is 45.9 Å². The molecule has 0 saturated carbocycles. The highest BCUT2D eigenvalue weighted by atomic mass is 16.1. The van der Waals surface area contributed by atoms with E-state index >= 15 is 0 Å². The number of fused-ring (bicyclic) bond motifs is 1. The molecule has 0 aliphatic heterocycles. The number of aryl methyl sites for hydroxylation is 1. The zero-order valence-corrected chi connectivity index (χ0v) is 10.1. The summed E-state index contributed by atoms with van der Waals surface area (Å²) >= 11 is 0. The number of benzene rings is 1. The molecule has 0 radical (unpaired) electrons. The third kappa shape index (κ3) is 1.73. The van der Waals surface area contributed by atoms with E-state index in [-0.39, 0.29) is 11.1 Å². The van der Waals surface area contributed by atoms with Crippen molar-refractivity contribution in [2.45, 2.75) is 33.2 Å². The van der Waals surface area contributed by atoms with Gasteiger partial charge in [-0.25, -0.2) is 4.68 Å². The molecule has 0 N–H and O–H groups in total. The van der Waals surface area contributed by atoms with Crippen LogP contribution < -0.4 is 5.56 Å². The number of rotatable bonds is 0. The predicted octanol–water partition coefficient (Wildman–Crippen LogP) is 2.46. The molecule has 0 fully saturated rings. The molecule has 0 aliphatic rings. The molecular weight excluding hydrogens is 200 g/mol. The molecule has 1 heterocycles. The van der Waals surface area contributed by atoms with Crippen LogP contribution in [0.25, 0.3) is 10.8 Å². The largest absolute Gasteiger partial charge is 0.275 e. The summed E-state index contributed by atoms with van der Waals surface area (Å²) in [4.78, 5) is 12.2. The molecule has 3 heteroatoms. The van der Waals surface area contributed by atoms with Crippen LogP contribution >= 0.6 is 0 Å². The molecule has 0 atom stereocenters. The van der Waals surface area contributed by atoms with Gasteiger partial charge < -0.3 is 0 Å². The maximum absolute atomic E-state index is 12.2. The minimum atomic E-state index is -0.283. The summed E-state index contributed by atoms with van der Waals surface area (Å²) in [5, 5.41) is 5.85. The van der Waals surface area contributed by atoms with E-state index in [0.717, 1.165) is 16.3 Å². The van der Waals surface area contributed by atoms with Crippen LogP contribution in [0.1, 0.15) is 26.3 Å². The number of hydrogen-bond donors (Lipinski definition) is 0. The van der Waals surface area contributed by atoms with Gasteiger partial charge in [0.2, 0.25) is 0 Å². The first-order chi connectivity index (χ1) is 7.39. The Morgan fingerprint density at radius 1 is 1.25 bits per heavy atom. The summed E-state index contributed by atoms with van der Waals surface area (Å²) < 4.78 is 1.54. The lowest BCUT2D eigenvalue weighted by atomic mass is 10.1. The highest BCUT2D eigenvalue weighted by Crippen LogP contribution is 2.14. The second-order valence-corrected chi connectivity index (χ2v) is 5.12. The van der Waals surface area contributed by atoms with Gasteiger partial charge in [-0.05, 0) is 33.8 Å². The van der Waals surface area contributed by atoms with E-state index in [0.29, 0.717) is 0 Å². The fraction of sp³-hybridized carbons (Fsp3) is 0.385. The van der Waals surface area contributed by atoms with Crippen molar-refractivity contribution >= 4 is 10.8 Å². The second-order valence-electron chi connectivity index (χ2n) is 5.12. The predicted molar refractivity (Wildman–Crippen MR) is 65.7 cm³/mol. The Bertz CT molecular complexity index is 591. The molecule has 2 aromatic rings. The van der Waals surface area contributed by atoms with Crippen LogP contribution in [0.2, 0.25) is 0 Å². The first kappa shape index (κ1) is 10.9. The topological polar surface area (TPSA) is 34.9 Å². The quantitative estimate of drug-likeness (QED) is 0.678. The standard InChI is InChI=1S/C13H16N2O/c1-9-5-6-10-8-14-15(13(2,3)4)12(16)11(10)7-9/h5-8H,1-4H3. The molecule has 0 amide bonds. The fourth-order valence-electron chi connectivity index (χ4n) is 1.73. The summed E-state index contributed by atoms with van der Waals surface area (Å²) in [6.07, 6.45) is 1.75. The monoisotopic (exact) mass is 216 g/mol. The Kier molecular flexibility index (Phi) is 2.34. The maximum Gasteiger partial charge on any atom is 0.275 e. The first-order valence-corrected chi connectivity index (χ1v) is 5.39. The van der Waals surface area contributed by atoms with Crippen molar-refractivity contribution < 1.29 is 0 Å².